The summed E-state index contributed by atoms with van der Waals surface area (Å²) < 4.78 is 39.8. The summed E-state index contributed by atoms with van der Waals surface area (Å²) >= 11 is 0. The third kappa shape index (κ3) is 3.20. The first-order chi connectivity index (χ1) is 8.48. The van der Waals surface area contributed by atoms with E-state index in [0.29, 0.717) is 5.56 Å². The van der Waals surface area contributed by atoms with Crippen LogP contribution in [0.1, 0.15) is 18.4 Å². The van der Waals surface area contributed by atoms with Gasteiger partial charge in [0.25, 0.3) is 0 Å². The Balaban J connectivity index is 2.09. The van der Waals surface area contributed by atoms with E-state index in [-0.39, 0.29) is 17.5 Å². The van der Waals surface area contributed by atoms with Gasteiger partial charge in [-0.3, -0.25) is 4.72 Å². The SMILES string of the molecule is Cc1cccc(NS(=O)(=O)CC2CCCN2)c1F. The van der Waals surface area contributed by atoms with E-state index >= 15 is 0 Å². The zero-order valence-corrected chi connectivity index (χ0v) is 11.1. The molecule has 1 unspecified atom stereocenters. The van der Waals surface area contributed by atoms with Gasteiger partial charge in [0.15, 0.2) is 0 Å². The molecule has 0 spiro atoms. The highest BCUT2D eigenvalue weighted by Crippen LogP contribution is 2.19. The quantitative estimate of drug-likeness (QED) is 0.876. The molecule has 0 saturated carbocycles. The van der Waals surface area contributed by atoms with Crippen molar-refractivity contribution in [1.29, 1.82) is 0 Å². The van der Waals surface area contributed by atoms with Crippen LogP contribution in [0, 0.1) is 12.7 Å². The largest absolute Gasteiger partial charge is 0.313 e. The summed E-state index contributed by atoms with van der Waals surface area (Å²) in [6.45, 7) is 2.45. The summed E-state index contributed by atoms with van der Waals surface area (Å²) in [6.07, 6.45) is 1.83. The molecule has 0 bridgehead atoms. The van der Waals surface area contributed by atoms with E-state index in [2.05, 4.69) is 10.0 Å². The first-order valence-corrected chi connectivity index (χ1v) is 7.62. The average molecular weight is 272 g/mol. The fraction of sp³-hybridized carbons (Fsp3) is 0.500. The number of rotatable bonds is 4. The Morgan fingerprint density at radius 2 is 2.28 bits per heavy atom. The van der Waals surface area contributed by atoms with E-state index in [0.717, 1.165) is 19.4 Å². The molecule has 1 saturated heterocycles. The van der Waals surface area contributed by atoms with Gasteiger partial charge in [0.2, 0.25) is 10.0 Å². The van der Waals surface area contributed by atoms with Gasteiger partial charge in [-0.05, 0) is 37.9 Å². The number of sulfonamides is 1. The molecule has 0 radical (unpaired) electrons. The number of hydrogen-bond acceptors (Lipinski definition) is 3. The topological polar surface area (TPSA) is 58.2 Å². The fourth-order valence-corrected chi connectivity index (χ4v) is 3.49. The van der Waals surface area contributed by atoms with E-state index < -0.39 is 15.8 Å². The highest BCUT2D eigenvalue weighted by atomic mass is 32.2. The van der Waals surface area contributed by atoms with Gasteiger partial charge in [0.1, 0.15) is 5.82 Å². The minimum atomic E-state index is -3.51. The lowest BCUT2D eigenvalue weighted by Crippen LogP contribution is -2.33. The molecule has 1 heterocycles. The molecule has 100 valence electrons. The smallest absolute Gasteiger partial charge is 0.234 e. The van der Waals surface area contributed by atoms with Crippen molar-refractivity contribution in [2.24, 2.45) is 0 Å². The summed E-state index contributed by atoms with van der Waals surface area (Å²) in [5, 5.41) is 3.11. The molecule has 4 nitrogen and oxygen atoms in total. The first kappa shape index (κ1) is 13.3. The molecule has 1 aliphatic rings. The van der Waals surface area contributed by atoms with Gasteiger partial charge in [0, 0.05) is 6.04 Å². The van der Waals surface area contributed by atoms with Crippen molar-refractivity contribution < 1.29 is 12.8 Å². The molecule has 1 fully saturated rings. The van der Waals surface area contributed by atoms with Crippen LogP contribution < -0.4 is 10.0 Å². The third-order valence-electron chi connectivity index (χ3n) is 3.04. The van der Waals surface area contributed by atoms with Gasteiger partial charge < -0.3 is 5.32 Å². The number of anilines is 1. The molecule has 0 aliphatic carbocycles. The van der Waals surface area contributed by atoms with Crippen LogP contribution in [0.4, 0.5) is 10.1 Å². The van der Waals surface area contributed by atoms with Crippen molar-refractivity contribution in [1.82, 2.24) is 5.32 Å². The standard InChI is InChI=1S/C12H17FN2O2S/c1-9-4-2-6-11(12(9)13)15-18(16,17)8-10-5-3-7-14-10/h2,4,6,10,14-15H,3,5,7-8H2,1H3. The van der Waals surface area contributed by atoms with Crippen LogP contribution >= 0.6 is 0 Å². The van der Waals surface area contributed by atoms with Crippen LogP contribution in [0.15, 0.2) is 18.2 Å². The summed E-state index contributed by atoms with van der Waals surface area (Å²) in [6, 6.07) is 4.63. The highest BCUT2D eigenvalue weighted by Gasteiger charge is 2.22. The Bertz CT molecular complexity index is 525. The molecular weight excluding hydrogens is 255 g/mol. The molecule has 0 aromatic heterocycles. The molecule has 18 heavy (non-hydrogen) atoms. The summed E-state index contributed by atoms with van der Waals surface area (Å²) in [4.78, 5) is 0. The van der Waals surface area contributed by atoms with Gasteiger partial charge >= 0.3 is 0 Å². The van der Waals surface area contributed by atoms with Crippen molar-refractivity contribution in [3.8, 4) is 0 Å². The van der Waals surface area contributed by atoms with Crippen LogP contribution in [0.5, 0.6) is 0 Å². The van der Waals surface area contributed by atoms with E-state index in [9.17, 15) is 12.8 Å². The van der Waals surface area contributed by atoms with Crippen molar-refractivity contribution >= 4 is 15.7 Å². The zero-order chi connectivity index (χ0) is 13.2. The molecule has 1 aromatic carbocycles. The summed E-state index contributed by atoms with van der Waals surface area (Å²) in [5.41, 5.74) is 0.446. The molecule has 1 aliphatic heterocycles. The van der Waals surface area contributed by atoms with Crippen LogP contribution in [-0.4, -0.2) is 26.8 Å². The maximum atomic E-state index is 13.7. The van der Waals surface area contributed by atoms with E-state index in [1.165, 1.54) is 6.07 Å². The van der Waals surface area contributed by atoms with Crippen molar-refractivity contribution in [3.05, 3.63) is 29.6 Å². The number of aryl methyl sites for hydroxylation is 1. The first-order valence-electron chi connectivity index (χ1n) is 5.97. The molecule has 6 heteroatoms. The van der Waals surface area contributed by atoms with E-state index in [1.807, 2.05) is 0 Å². The van der Waals surface area contributed by atoms with Gasteiger partial charge in [0.05, 0.1) is 11.4 Å². The lowest BCUT2D eigenvalue weighted by atomic mass is 10.2. The number of benzene rings is 1. The molecule has 1 atom stereocenters. The molecule has 0 amide bonds. The van der Waals surface area contributed by atoms with Crippen LogP contribution in [0.2, 0.25) is 0 Å². The molecule has 2 N–H and O–H groups in total. The Kier molecular flexibility index (Phi) is 3.87. The molecule has 2 rings (SSSR count). The molecule has 1 aromatic rings. The Hall–Kier alpha value is -1.14. The van der Waals surface area contributed by atoms with Gasteiger partial charge in [-0.15, -0.1) is 0 Å². The second-order valence-corrected chi connectivity index (χ2v) is 6.38. The second-order valence-electron chi connectivity index (χ2n) is 4.61. The van der Waals surface area contributed by atoms with Gasteiger partial charge in [-0.25, -0.2) is 12.8 Å². The maximum absolute atomic E-state index is 13.7. The monoisotopic (exact) mass is 272 g/mol. The molecular formula is C12H17FN2O2S. The van der Waals surface area contributed by atoms with Crippen LogP contribution in [-0.2, 0) is 10.0 Å². The van der Waals surface area contributed by atoms with Crippen LogP contribution in [0.25, 0.3) is 0 Å². The minimum Gasteiger partial charge on any atom is -0.313 e. The van der Waals surface area contributed by atoms with E-state index in [4.69, 9.17) is 0 Å². The van der Waals surface area contributed by atoms with Gasteiger partial charge in [-0.2, -0.15) is 0 Å². The van der Waals surface area contributed by atoms with Crippen LogP contribution in [0.3, 0.4) is 0 Å². The summed E-state index contributed by atoms with van der Waals surface area (Å²) in [5.74, 6) is -0.527. The predicted molar refractivity (Wildman–Crippen MR) is 69.6 cm³/mol. The third-order valence-corrected chi connectivity index (χ3v) is 4.41. The van der Waals surface area contributed by atoms with Crippen molar-refractivity contribution in [2.75, 3.05) is 17.0 Å². The normalized spacial score (nSPS) is 20.0. The maximum Gasteiger partial charge on any atom is 0.234 e. The number of nitrogens with one attached hydrogen (secondary N) is 2. The lowest BCUT2D eigenvalue weighted by molar-refractivity contribution is 0.580. The number of hydrogen-bond donors (Lipinski definition) is 2. The predicted octanol–water partition coefficient (Wildman–Crippen LogP) is 1.63. The second kappa shape index (κ2) is 5.24. The Morgan fingerprint density at radius 3 is 2.94 bits per heavy atom. The zero-order valence-electron chi connectivity index (χ0n) is 10.2. The van der Waals surface area contributed by atoms with Gasteiger partial charge in [-0.1, -0.05) is 12.1 Å². The minimum absolute atomic E-state index is 0.0135. The fourth-order valence-electron chi connectivity index (χ4n) is 2.10. The Morgan fingerprint density at radius 1 is 1.50 bits per heavy atom. The van der Waals surface area contributed by atoms with Crippen molar-refractivity contribution in [3.63, 3.8) is 0 Å². The number of halogens is 1. The Labute approximate surface area is 107 Å². The average Bonchev–Trinajstić information content (AvgIpc) is 2.76. The summed E-state index contributed by atoms with van der Waals surface area (Å²) in [7, 11) is -3.51. The van der Waals surface area contributed by atoms with Crippen molar-refractivity contribution in [2.45, 2.75) is 25.8 Å². The van der Waals surface area contributed by atoms with E-state index in [1.54, 1.807) is 19.1 Å². The highest BCUT2D eigenvalue weighted by molar-refractivity contribution is 7.92. The lowest BCUT2D eigenvalue weighted by Gasteiger charge is -2.13.